The number of hydrogen-bond donors (Lipinski definition) is 2. The first kappa shape index (κ1) is 17.3. The highest BCUT2D eigenvalue weighted by Crippen LogP contribution is 2.42. The summed E-state index contributed by atoms with van der Waals surface area (Å²) in [7, 11) is 0. The Kier molecular flexibility index (Phi) is 4.38. The largest absolute Gasteiger partial charge is 0.471 e. The average Bonchev–Trinajstić information content (AvgIpc) is 2.77. The molecule has 124 valence electrons. The van der Waals surface area contributed by atoms with Crippen LogP contribution in [0.4, 0.5) is 33.3 Å². The number of rotatable bonds is 3. The molecule has 0 saturated heterocycles. The van der Waals surface area contributed by atoms with E-state index >= 15 is 0 Å². The molecule has 1 heterocycles. The first-order chi connectivity index (χ1) is 10.5. The molecule has 0 saturated carbocycles. The number of halogens is 5. The number of fused-ring (bicyclic) bond motifs is 1. The molecule has 23 heavy (non-hydrogen) atoms. The number of hydrogen-bond acceptors (Lipinski definition) is 4. The van der Waals surface area contributed by atoms with Gasteiger partial charge in [-0.2, -0.15) is 22.0 Å². The van der Waals surface area contributed by atoms with Crippen LogP contribution >= 0.6 is 11.8 Å². The highest BCUT2D eigenvalue weighted by atomic mass is 32.2. The molecule has 0 spiro atoms. The second-order valence-electron chi connectivity index (χ2n) is 4.65. The lowest BCUT2D eigenvalue weighted by Crippen LogP contribution is -2.29. The quantitative estimate of drug-likeness (QED) is 0.642. The summed E-state index contributed by atoms with van der Waals surface area (Å²) < 4.78 is 62.2. The van der Waals surface area contributed by atoms with Crippen molar-refractivity contribution < 1.29 is 31.5 Å². The van der Waals surface area contributed by atoms with E-state index in [9.17, 15) is 31.5 Å². The molecule has 4 nitrogen and oxygen atoms in total. The van der Waals surface area contributed by atoms with E-state index in [0.717, 1.165) is 17.8 Å². The molecule has 0 atom stereocenters. The van der Waals surface area contributed by atoms with E-state index in [1.807, 2.05) is 0 Å². The smallest absolute Gasteiger partial charge is 0.349 e. The van der Waals surface area contributed by atoms with Crippen molar-refractivity contribution in [1.29, 1.82) is 0 Å². The van der Waals surface area contributed by atoms with Gasteiger partial charge < -0.3 is 10.6 Å². The Morgan fingerprint density at radius 2 is 1.87 bits per heavy atom. The van der Waals surface area contributed by atoms with E-state index in [-0.39, 0.29) is 10.7 Å². The van der Waals surface area contributed by atoms with Gasteiger partial charge >= 0.3 is 18.0 Å². The zero-order valence-electron chi connectivity index (χ0n) is 11.4. The second kappa shape index (κ2) is 5.84. The van der Waals surface area contributed by atoms with E-state index in [0.29, 0.717) is 17.5 Å². The summed E-state index contributed by atoms with van der Waals surface area (Å²) in [6, 6.07) is 3.82. The Labute approximate surface area is 131 Å². The number of allylic oxidation sites excluding steroid dienone is 1. The van der Waals surface area contributed by atoms with E-state index in [1.165, 1.54) is 18.2 Å². The number of ketones is 1. The standard InChI is InChI=1S/C13H9F5N2O2S/c1-12(14,15)9(21)5-10-20-7-3-2-6(4-8(7)23-10)19-11(22)13(16,17)18/h2-5,20H,1H3,(H,19,22)/b10-5+. The number of amides is 1. The normalized spacial score (nSPS) is 16.0. The van der Waals surface area contributed by atoms with Gasteiger partial charge in [0.25, 0.3) is 0 Å². The summed E-state index contributed by atoms with van der Waals surface area (Å²) in [5.74, 6) is -7.04. The first-order valence-corrected chi connectivity index (χ1v) is 6.89. The summed E-state index contributed by atoms with van der Waals surface area (Å²) >= 11 is 0.893. The number of benzene rings is 1. The Balaban J connectivity index is 2.14. The molecule has 1 aliphatic heterocycles. The van der Waals surface area contributed by atoms with Crippen molar-refractivity contribution in [3.63, 3.8) is 0 Å². The maximum Gasteiger partial charge on any atom is 0.471 e. The van der Waals surface area contributed by atoms with Gasteiger partial charge in [-0.15, -0.1) is 0 Å². The summed E-state index contributed by atoms with van der Waals surface area (Å²) in [4.78, 5) is 22.5. The summed E-state index contributed by atoms with van der Waals surface area (Å²) in [5.41, 5.74) is 0.326. The Hall–Kier alpha value is -2.10. The van der Waals surface area contributed by atoms with Crippen LogP contribution in [-0.4, -0.2) is 23.8 Å². The van der Waals surface area contributed by atoms with Crippen LogP contribution in [0.2, 0.25) is 0 Å². The van der Waals surface area contributed by atoms with Crippen molar-refractivity contribution in [1.82, 2.24) is 0 Å². The van der Waals surface area contributed by atoms with Crippen LogP contribution < -0.4 is 10.6 Å². The average molecular weight is 352 g/mol. The zero-order chi connectivity index (χ0) is 17.4. The van der Waals surface area contributed by atoms with Crippen LogP contribution in [0.15, 0.2) is 34.2 Å². The molecule has 1 aromatic carbocycles. The lowest BCUT2D eigenvalue weighted by molar-refractivity contribution is -0.167. The topological polar surface area (TPSA) is 58.2 Å². The van der Waals surface area contributed by atoms with Crippen LogP contribution in [0.3, 0.4) is 0 Å². The fraction of sp³-hybridized carbons (Fsp3) is 0.231. The lowest BCUT2D eigenvalue weighted by atomic mass is 10.2. The minimum Gasteiger partial charge on any atom is -0.349 e. The number of carbonyl (C=O) groups is 2. The molecule has 1 aliphatic rings. The van der Waals surface area contributed by atoms with Crippen LogP contribution in [0.25, 0.3) is 0 Å². The van der Waals surface area contributed by atoms with E-state index in [2.05, 4.69) is 5.32 Å². The first-order valence-electron chi connectivity index (χ1n) is 6.08. The van der Waals surface area contributed by atoms with E-state index in [1.54, 1.807) is 5.32 Å². The molecule has 0 fully saturated rings. The number of carbonyl (C=O) groups excluding carboxylic acids is 2. The predicted molar refractivity (Wildman–Crippen MR) is 74.3 cm³/mol. The molecule has 2 N–H and O–H groups in total. The van der Waals surface area contributed by atoms with Gasteiger partial charge in [-0.1, -0.05) is 11.8 Å². The molecule has 0 bridgehead atoms. The molecule has 0 unspecified atom stereocenters. The fourth-order valence-corrected chi connectivity index (χ4v) is 2.56. The SMILES string of the molecule is CC(F)(F)C(=O)/C=C1\Nc2ccc(NC(=O)C(F)(F)F)cc2S1. The number of anilines is 2. The maximum absolute atomic E-state index is 12.8. The third-order valence-electron chi connectivity index (χ3n) is 2.67. The van der Waals surface area contributed by atoms with Crippen molar-refractivity contribution >= 4 is 34.8 Å². The van der Waals surface area contributed by atoms with Crippen molar-refractivity contribution in [2.45, 2.75) is 23.9 Å². The summed E-state index contributed by atoms with van der Waals surface area (Å²) in [6.45, 7) is 0.462. The third kappa shape index (κ3) is 4.21. The molecule has 0 radical (unpaired) electrons. The Bertz CT molecular complexity index is 695. The molecule has 0 aliphatic carbocycles. The minimum atomic E-state index is -5.02. The van der Waals surface area contributed by atoms with Crippen molar-refractivity contribution in [3.05, 3.63) is 29.3 Å². The number of nitrogens with one attached hydrogen (secondary N) is 2. The van der Waals surface area contributed by atoms with E-state index in [4.69, 9.17) is 0 Å². The number of thioether (sulfide) groups is 1. The van der Waals surface area contributed by atoms with Gasteiger partial charge in [-0.25, -0.2) is 0 Å². The van der Waals surface area contributed by atoms with Gasteiger partial charge in [0.2, 0.25) is 5.78 Å². The van der Waals surface area contributed by atoms with Crippen molar-refractivity contribution in [2.75, 3.05) is 10.6 Å². The zero-order valence-corrected chi connectivity index (χ0v) is 12.2. The van der Waals surface area contributed by atoms with Crippen LogP contribution in [0.5, 0.6) is 0 Å². The fourth-order valence-electron chi connectivity index (χ4n) is 1.58. The molecule has 0 aromatic heterocycles. The van der Waals surface area contributed by atoms with Crippen molar-refractivity contribution in [3.8, 4) is 0 Å². The molecule has 10 heteroatoms. The molecule has 1 aromatic rings. The Morgan fingerprint density at radius 3 is 2.43 bits per heavy atom. The van der Waals surface area contributed by atoms with Crippen LogP contribution in [-0.2, 0) is 9.59 Å². The predicted octanol–water partition coefficient (Wildman–Crippen LogP) is 3.77. The summed E-state index contributed by atoms with van der Waals surface area (Å²) in [5, 5.41) is 4.48. The van der Waals surface area contributed by atoms with Gasteiger partial charge in [-0.3, -0.25) is 9.59 Å². The number of alkyl halides is 5. The monoisotopic (exact) mass is 352 g/mol. The Morgan fingerprint density at radius 1 is 1.22 bits per heavy atom. The molecule has 2 rings (SSSR count). The van der Waals surface area contributed by atoms with Crippen molar-refractivity contribution in [2.24, 2.45) is 0 Å². The lowest BCUT2D eigenvalue weighted by Gasteiger charge is -2.08. The highest BCUT2D eigenvalue weighted by Gasteiger charge is 2.38. The second-order valence-corrected chi connectivity index (χ2v) is 5.73. The van der Waals surface area contributed by atoms with Gasteiger partial charge in [0.05, 0.1) is 10.7 Å². The highest BCUT2D eigenvalue weighted by molar-refractivity contribution is 8.03. The van der Waals surface area contributed by atoms with Gasteiger partial charge in [0.1, 0.15) is 0 Å². The molecular weight excluding hydrogens is 343 g/mol. The van der Waals surface area contributed by atoms with Gasteiger partial charge in [0, 0.05) is 23.6 Å². The summed E-state index contributed by atoms with van der Waals surface area (Å²) in [6.07, 6.45) is -4.30. The van der Waals surface area contributed by atoms with Crippen LogP contribution in [0, 0.1) is 0 Å². The molecule has 1 amide bonds. The van der Waals surface area contributed by atoms with Gasteiger partial charge in [-0.05, 0) is 18.2 Å². The third-order valence-corrected chi connectivity index (χ3v) is 3.67. The van der Waals surface area contributed by atoms with Gasteiger partial charge in [0.15, 0.2) is 0 Å². The molecular formula is C13H9F5N2O2S. The van der Waals surface area contributed by atoms with Crippen LogP contribution in [0.1, 0.15) is 6.92 Å². The van der Waals surface area contributed by atoms with E-state index < -0.39 is 23.8 Å². The maximum atomic E-state index is 12.8. The minimum absolute atomic E-state index is 0.103.